The second kappa shape index (κ2) is 7.51. The minimum absolute atomic E-state index is 0.0607. The van der Waals surface area contributed by atoms with Crippen molar-refractivity contribution in [3.8, 4) is 0 Å². The Hall–Kier alpha value is -0.730. The van der Waals surface area contributed by atoms with Crippen molar-refractivity contribution < 1.29 is 24.9 Å². The predicted molar refractivity (Wildman–Crippen MR) is 75.7 cm³/mol. The zero-order valence-corrected chi connectivity index (χ0v) is 12.4. The molecular weight excluding hydrogens is 276 g/mol. The fourth-order valence-electron chi connectivity index (χ4n) is 3.30. The summed E-state index contributed by atoms with van der Waals surface area (Å²) in [4.78, 5) is 12.7. The number of piperidine rings is 1. The number of nitrogens with zero attached hydrogens (tertiary/aromatic N) is 1. The van der Waals surface area contributed by atoms with E-state index >= 15 is 0 Å². The Morgan fingerprint density at radius 1 is 1.33 bits per heavy atom. The predicted octanol–water partition coefficient (Wildman–Crippen LogP) is -1.54. The van der Waals surface area contributed by atoms with Crippen LogP contribution in [0.2, 0.25) is 0 Å². The first-order chi connectivity index (χ1) is 10.0. The first-order valence-electron chi connectivity index (χ1n) is 7.64. The fraction of sp³-hybridized carbons (Fsp3) is 0.929. The van der Waals surface area contributed by atoms with Crippen molar-refractivity contribution >= 4 is 5.91 Å². The summed E-state index contributed by atoms with van der Waals surface area (Å²) in [6.07, 6.45) is -0.179. The minimum Gasteiger partial charge on any atom is -0.391 e. The van der Waals surface area contributed by atoms with E-state index in [1.807, 2.05) is 4.90 Å². The zero-order valence-electron chi connectivity index (χ0n) is 12.4. The molecule has 0 spiro atoms. The summed E-state index contributed by atoms with van der Waals surface area (Å²) in [5.41, 5.74) is 0. The maximum atomic E-state index is 10.7. The number of carbonyl (C=O) groups excluding carboxylic acids is 1. The van der Waals surface area contributed by atoms with E-state index in [0.29, 0.717) is 32.6 Å². The minimum atomic E-state index is -0.923. The van der Waals surface area contributed by atoms with E-state index in [4.69, 9.17) is 4.74 Å². The average Bonchev–Trinajstić information content (AvgIpc) is 2.68. The van der Waals surface area contributed by atoms with Gasteiger partial charge in [-0.3, -0.25) is 9.69 Å². The average molecular weight is 302 g/mol. The molecule has 2 saturated heterocycles. The lowest BCUT2D eigenvalue weighted by Crippen LogP contribution is -2.51. The van der Waals surface area contributed by atoms with Crippen LogP contribution < -0.4 is 5.32 Å². The van der Waals surface area contributed by atoms with E-state index in [0.717, 1.165) is 13.0 Å². The van der Waals surface area contributed by atoms with Gasteiger partial charge in [0.15, 0.2) is 0 Å². The number of rotatable bonds is 6. The van der Waals surface area contributed by atoms with Crippen LogP contribution >= 0.6 is 0 Å². The first-order valence-corrected chi connectivity index (χ1v) is 7.64. The van der Waals surface area contributed by atoms with Crippen LogP contribution in [0.25, 0.3) is 0 Å². The molecule has 4 N–H and O–H groups in total. The van der Waals surface area contributed by atoms with Crippen molar-refractivity contribution in [3.05, 3.63) is 0 Å². The first kappa shape index (κ1) is 16.6. The number of aliphatic hydroxyl groups excluding tert-OH is 3. The highest BCUT2D eigenvalue weighted by atomic mass is 16.5. The Morgan fingerprint density at radius 3 is 2.81 bits per heavy atom. The molecule has 122 valence electrons. The molecule has 21 heavy (non-hydrogen) atoms. The van der Waals surface area contributed by atoms with Crippen molar-refractivity contribution in [3.63, 3.8) is 0 Å². The Labute approximate surface area is 124 Å². The van der Waals surface area contributed by atoms with E-state index in [1.54, 1.807) is 0 Å². The topological polar surface area (TPSA) is 102 Å². The number of carbonyl (C=O) groups is 1. The molecule has 2 fully saturated rings. The quantitative estimate of drug-likeness (QED) is 0.444. The molecule has 0 aromatic rings. The van der Waals surface area contributed by atoms with Gasteiger partial charge in [-0.2, -0.15) is 0 Å². The van der Waals surface area contributed by atoms with Gasteiger partial charge in [0.05, 0.1) is 37.0 Å². The molecule has 0 radical (unpaired) electrons. The van der Waals surface area contributed by atoms with Crippen molar-refractivity contribution in [1.82, 2.24) is 10.2 Å². The fourth-order valence-corrected chi connectivity index (χ4v) is 3.30. The lowest BCUT2D eigenvalue weighted by molar-refractivity contribution is -0.119. The summed E-state index contributed by atoms with van der Waals surface area (Å²) in [7, 11) is 0. The molecule has 5 atom stereocenters. The highest BCUT2D eigenvalue weighted by molar-refractivity contribution is 5.72. The molecule has 0 bridgehead atoms. The van der Waals surface area contributed by atoms with Gasteiger partial charge in [-0.05, 0) is 25.8 Å². The smallest absolute Gasteiger partial charge is 0.216 e. The van der Waals surface area contributed by atoms with Gasteiger partial charge >= 0.3 is 0 Å². The Morgan fingerprint density at radius 2 is 2.10 bits per heavy atom. The Bertz CT molecular complexity index is 354. The number of amides is 1. The van der Waals surface area contributed by atoms with Crippen LogP contribution in [0, 0.1) is 0 Å². The molecule has 7 nitrogen and oxygen atoms in total. The number of ether oxygens (including phenoxy) is 1. The molecule has 0 saturated carbocycles. The standard InChI is InChI=1S/C14H26N2O5/c1-9(17)15-5-3-7-21-8-10-13(19)14(20)12-11(18)4-2-6-16(10)12/h10-14,18-20H,2-8H2,1H3,(H,15,17)/t10-,11+,12+,13+,14-/m0/s1. The monoisotopic (exact) mass is 302 g/mol. The largest absolute Gasteiger partial charge is 0.391 e. The Balaban J connectivity index is 1.76. The van der Waals surface area contributed by atoms with Crippen molar-refractivity contribution in [2.45, 2.75) is 56.6 Å². The summed E-state index contributed by atoms with van der Waals surface area (Å²) < 4.78 is 5.56. The highest BCUT2D eigenvalue weighted by Crippen LogP contribution is 2.32. The molecule has 2 heterocycles. The lowest BCUT2D eigenvalue weighted by atomic mass is 9.97. The molecule has 1 amide bonds. The normalized spacial score (nSPS) is 36.5. The van der Waals surface area contributed by atoms with Crippen LogP contribution in [0.4, 0.5) is 0 Å². The van der Waals surface area contributed by atoms with Crippen LogP contribution in [0.5, 0.6) is 0 Å². The summed E-state index contributed by atoms with van der Waals surface area (Å²) in [6, 6.07) is -0.664. The summed E-state index contributed by atoms with van der Waals surface area (Å²) in [6.45, 7) is 3.60. The second-order valence-electron chi connectivity index (χ2n) is 5.90. The van der Waals surface area contributed by atoms with E-state index < -0.39 is 18.3 Å². The van der Waals surface area contributed by atoms with Crippen molar-refractivity contribution in [1.29, 1.82) is 0 Å². The van der Waals surface area contributed by atoms with Gasteiger partial charge in [-0.25, -0.2) is 0 Å². The summed E-state index contributed by atoms with van der Waals surface area (Å²) in [5.74, 6) is -0.0607. The van der Waals surface area contributed by atoms with Crippen molar-refractivity contribution in [2.24, 2.45) is 0 Å². The molecule has 0 aliphatic carbocycles. The lowest BCUT2D eigenvalue weighted by Gasteiger charge is -2.37. The number of hydrogen-bond donors (Lipinski definition) is 4. The van der Waals surface area contributed by atoms with E-state index in [9.17, 15) is 20.1 Å². The van der Waals surface area contributed by atoms with Crippen LogP contribution in [-0.2, 0) is 9.53 Å². The summed E-state index contributed by atoms with van der Waals surface area (Å²) in [5, 5.41) is 32.9. The number of hydrogen-bond acceptors (Lipinski definition) is 6. The third-order valence-corrected chi connectivity index (χ3v) is 4.34. The molecule has 0 unspecified atom stereocenters. The molecule has 7 heteroatoms. The van der Waals surface area contributed by atoms with Crippen molar-refractivity contribution in [2.75, 3.05) is 26.3 Å². The SMILES string of the molecule is CC(=O)NCCCOC[C@H]1[C@@H](O)[C@@H](O)[C@H]2[C@H](O)CCCN21. The van der Waals surface area contributed by atoms with E-state index in [2.05, 4.69) is 5.32 Å². The number of nitrogens with one attached hydrogen (secondary N) is 1. The second-order valence-corrected chi connectivity index (χ2v) is 5.90. The Kier molecular flexibility index (Phi) is 5.95. The molecule has 2 rings (SSSR count). The van der Waals surface area contributed by atoms with Gasteiger partial charge in [0, 0.05) is 20.1 Å². The molecule has 2 aliphatic rings. The van der Waals surface area contributed by atoms with Crippen LogP contribution in [0.1, 0.15) is 26.2 Å². The van der Waals surface area contributed by atoms with Crippen LogP contribution in [0.15, 0.2) is 0 Å². The highest BCUT2D eigenvalue weighted by Gasteiger charge is 2.51. The summed E-state index contributed by atoms with van der Waals surface area (Å²) >= 11 is 0. The van der Waals surface area contributed by atoms with Gasteiger partial charge in [-0.1, -0.05) is 0 Å². The van der Waals surface area contributed by atoms with E-state index in [1.165, 1.54) is 6.92 Å². The number of aliphatic hydroxyl groups is 3. The zero-order chi connectivity index (χ0) is 15.4. The van der Waals surface area contributed by atoms with Gasteiger partial charge in [0.2, 0.25) is 5.91 Å². The van der Waals surface area contributed by atoms with Gasteiger partial charge in [-0.15, -0.1) is 0 Å². The maximum Gasteiger partial charge on any atom is 0.216 e. The van der Waals surface area contributed by atoms with Gasteiger partial charge in [0.25, 0.3) is 0 Å². The van der Waals surface area contributed by atoms with Gasteiger partial charge < -0.3 is 25.4 Å². The number of fused-ring (bicyclic) bond motifs is 1. The molecular formula is C14H26N2O5. The van der Waals surface area contributed by atoms with Crippen LogP contribution in [-0.4, -0.2) is 82.8 Å². The molecule has 0 aromatic carbocycles. The molecule has 2 aliphatic heterocycles. The van der Waals surface area contributed by atoms with Crippen LogP contribution in [0.3, 0.4) is 0 Å². The maximum absolute atomic E-state index is 10.7. The third-order valence-electron chi connectivity index (χ3n) is 4.34. The third kappa shape index (κ3) is 3.92. The van der Waals surface area contributed by atoms with E-state index in [-0.39, 0.29) is 18.0 Å². The van der Waals surface area contributed by atoms with Gasteiger partial charge in [0.1, 0.15) is 0 Å². The molecule has 0 aromatic heterocycles.